The third-order valence-electron chi connectivity index (χ3n) is 3.38. The molecule has 6 heteroatoms. The molecule has 0 aliphatic heterocycles. The Labute approximate surface area is 139 Å². The van der Waals surface area contributed by atoms with Gasteiger partial charge in [-0.1, -0.05) is 17.7 Å². The van der Waals surface area contributed by atoms with E-state index in [9.17, 15) is 4.79 Å². The van der Waals surface area contributed by atoms with Gasteiger partial charge in [-0.15, -0.1) is 0 Å². The maximum Gasteiger partial charge on any atom is 0.208 e. The molecule has 0 fully saturated rings. The van der Waals surface area contributed by atoms with E-state index in [1.54, 1.807) is 30.3 Å². The van der Waals surface area contributed by atoms with E-state index in [2.05, 4.69) is 0 Å². The quantitative estimate of drug-likeness (QED) is 0.754. The van der Waals surface area contributed by atoms with Crippen LogP contribution >= 0.6 is 11.6 Å². The van der Waals surface area contributed by atoms with Gasteiger partial charge in [0.15, 0.2) is 5.75 Å². The molecule has 2 rings (SSSR count). The number of halogens is 1. The molecule has 0 saturated heterocycles. The lowest BCUT2D eigenvalue weighted by molar-refractivity contribution is 0.102. The molecule has 122 valence electrons. The summed E-state index contributed by atoms with van der Waals surface area (Å²) in [6.45, 7) is 0. The molecule has 0 atom stereocenters. The highest BCUT2D eigenvalue weighted by Gasteiger charge is 2.27. The maximum atomic E-state index is 13.1. The smallest absolute Gasteiger partial charge is 0.208 e. The summed E-state index contributed by atoms with van der Waals surface area (Å²) < 4.78 is 21.2. The van der Waals surface area contributed by atoms with E-state index >= 15 is 0 Å². The van der Waals surface area contributed by atoms with Crippen LogP contribution in [0, 0.1) is 0 Å². The van der Waals surface area contributed by atoms with Gasteiger partial charge in [0.1, 0.15) is 28.4 Å². The Morgan fingerprint density at radius 2 is 1.30 bits per heavy atom. The number of hydrogen-bond acceptors (Lipinski definition) is 5. The third kappa shape index (κ3) is 3.05. The standard InChI is InChI=1S/C17H17ClO5/c1-20-11-6-5-7-12(21-2)14(11)16(19)15-13(22-3)9-8-10(18)17(15)23-4/h5-9H,1-4H3. The summed E-state index contributed by atoms with van der Waals surface area (Å²) in [5.74, 6) is 1.00. The number of hydrogen-bond donors (Lipinski definition) is 0. The Hall–Kier alpha value is -2.40. The topological polar surface area (TPSA) is 54.0 Å². The molecule has 0 amide bonds. The van der Waals surface area contributed by atoms with Crippen LogP contribution in [0.5, 0.6) is 23.0 Å². The first kappa shape index (κ1) is 17.0. The number of benzene rings is 2. The van der Waals surface area contributed by atoms with Gasteiger partial charge in [-0.2, -0.15) is 0 Å². The highest BCUT2D eigenvalue weighted by molar-refractivity contribution is 6.33. The second kappa shape index (κ2) is 7.24. The second-order valence-corrected chi connectivity index (χ2v) is 4.93. The highest BCUT2D eigenvalue weighted by Crippen LogP contribution is 2.40. The maximum absolute atomic E-state index is 13.1. The summed E-state index contributed by atoms with van der Waals surface area (Å²) in [7, 11) is 5.88. The predicted octanol–water partition coefficient (Wildman–Crippen LogP) is 3.61. The monoisotopic (exact) mass is 336 g/mol. The molecule has 0 aliphatic rings. The van der Waals surface area contributed by atoms with Crippen molar-refractivity contribution in [3.05, 3.63) is 46.5 Å². The average molecular weight is 337 g/mol. The minimum absolute atomic E-state index is 0.213. The van der Waals surface area contributed by atoms with Crippen molar-refractivity contribution in [2.75, 3.05) is 28.4 Å². The Morgan fingerprint density at radius 1 is 0.783 bits per heavy atom. The van der Waals surface area contributed by atoms with E-state index in [1.165, 1.54) is 28.4 Å². The first-order valence-corrected chi connectivity index (χ1v) is 7.13. The summed E-state index contributed by atoms with van der Waals surface area (Å²) in [4.78, 5) is 13.1. The van der Waals surface area contributed by atoms with Gasteiger partial charge in [0.25, 0.3) is 0 Å². The van der Waals surface area contributed by atoms with Gasteiger partial charge in [-0.05, 0) is 24.3 Å². The van der Waals surface area contributed by atoms with Crippen LogP contribution in [0.15, 0.2) is 30.3 Å². The molecular formula is C17H17ClO5. The lowest BCUT2D eigenvalue weighted by atomic mass is 9.99. The van der Waals surface area contributed by atoms with Crippen LogP contribution in [-0.2, 0) is 0 Å². The molecule has 0 N–H and O–H groups in total. The van der Waals surface area contributed by atoms with Crippen molar-refractivity contribution in [1.29, 1.82) is 0 Å². The number of carbonyl (C=O) groups excluding carboxylic acids is 1. The number of methoxy groups -OCH3 is 4. The van der Waals surface area contributed by atoms with Crippen LogP contribution in [0.4, 0.5) is 0 Å². The van der Waals surface area contributed by atoms with Crippen molar-refractivity contribution in [2.45, 2.75) is 0 Å². The van der Waals surface area contributed by atoms with Crippen LogP contribution in [0.1, 0.15) is 15.9 Å². The molecular weight excluding hydrogens is 320 g/mol. The normalized spacial score (nSPS) is 10.1. The van der Waals surface area contributed by atoms with E-state index in [4.69, 9.17) is 30.5 Å². The molecule has 2 aromatic carbocycles. The zero-order valence-electron chi connectivity index (χ0n) is 13.3. The molecule has 5 nitrogen and oxygen atoms in total. The van der Waals surface area contributed by atoms with E-state index in [1.807, 2.05) is 0 Å². The van der Waals surface area contributed by atoms with E-state index in [-0.39, 0.29) is 22.7 Å². The van der Waals surface area contributed by atoms with Crippen molar-refractivity contribution in [3.8, 4) is 23.0 Å². The Morgan fingerprint density at radius 3 is 1.78 bits per heavy atom. The largest absolute Gasteiger partial charge is 0.496 e. The van der Waals surface area contributed by atoms with Crippen LogP contribution < -0.4 is 18.9 Å². The molecule has 0 spiro atoms. The molecule has 0 unspecified atom stereocenters. The zero-order chi connectivity index (χ0) is 17.0. The van der Waals surface area contributed by atoms with Gasteiger partial charge in [-0.3, -0.25) is 4.79 Å². The summed E-state index contributed by atoms with van der Waals surface area (Å²) in [5, 5.41) is 0.311. The van der Waals surface area contributed by atoms with Crippen molar-refractivity contribution in [3.63, 3.8) is 0 Å². The van der Waals surface area contributed by atoms with Gasteiger partial charge in [-0.25, -0.2) is 0 Å². The SMILES string of the molecule is COc1cccc(OC)c1C(=O)c1c(OC)ccc(Cl)c1OC. The van der Waals surface area contributed by atoms with Crippen molar-refractivity contribution in [1.82, 2.24) is 0 Å². The minimum atomic E-state index is -0.365. The van der Waals surface area contributed by atoms with Gasteiger partial charge >= 0.3 is 0 Å². The van der Waals surface area contributed by atoms with Gasteiger partial charge in [0.05, 0.1) is 33.5 Å². The molecule has 0 aliphatic carbocycles. The predicted molar refractivity (Wildman–Crippen MR) is 87.5 cm³/mol. The van der Waals surface area contributed by atoms with Gasteiger partial charge in [0.2, 0.25) is 5.78 Å². The number of ether oxygens (including phenoxy) is 4. The van der Waals surface area contributed by atoms with Gasteiger partial charge in [0, 0.05) is 0 Å². The average Bonchev–Trinajstić information content (AvgIpc) is 2.59. The van der Waals surface area contributed by atoms with Crippen LogP contribution in [0.2, 0.25) is 5.02 Å². The first-order chi connectivity index (χ1) is 11.1. The second-order valence-electron chi connectivity index (χ2n) is 4.52. The minimum Gasteiger partial charge on any atom is -0.496 e. The van der Waals surface area contributed by atoms with E-state index in [0.717, 1.165) is 0 Å². The third-order valence-corrected chi connectivity index (χ3v) is 3.68. The van der Waals surface area contributed by atoms with Gasteiger partial charge < -0.3 is 18.9 Å². The molecule has 23 heavy (non-hydrogen) atoms. The molecule has 0 aromatic heterocycles. The van der Waals surface area contributed by atoms with Crippen LogP contribution in [0.3, 0.4) is 0 Å². The lowest BCUT2D eigenvalue weighted by Crippen LogP contribution is -2.10. The number of ketones is 1. The highest BCUT2D eigenvalue weighted by atomic mass is 35.5. The van der Waals surface area contributed by atoms with E-state index < -0.39 is 0 Å². The van der Waals surface area contributed by atoms with Crippen molar-refractivity contribution in [2.24, 2.45) is 0 Å². The lowest BCUT2D eigenvalue weighted by Gasteiger charge is -2.16. The Bertz CT molecular complexity index is 705. The fourth-order valence-electron chi connectivity index (χ4n) is 2.32. The fourth-order valence-corrected chi connectivity index (χ4v) is 2.56. The first-order valence-electron chi connectivity index (χ1n) is 6.75. The van der Waals surface area contributed by atoms with Crippen molar-refractivity contribution < 1.29 is 23.7 Å². The Kier molecular flexibility index (Phi) is 5.34. The molecule has 2 aromatic rings. The van der Waals surface area contributed by atoms with Crippen molar-refractivity contribution >= 4 is 17.4 Å². The molecule has 0 heterocycles. The zero-order valence-corrected chi connectivity index (χ0v) is 14.1. The summed E-state index contributed by atoms with van der Waals surface area (Å²) in [6.07, 6.45) is 0. The molecule has 0 radical (unpaired) electrons. The summed E-state index contributed by atoms with van der Waals surface area (Å²) in [5.41, 5.74) is 0.488. The number of rotatable bonds is 6. The Balaban J connectivity index is 2.74. The van der Waals surface area contributed by atoms with Crippen LogP contribution in [-0.4, -0.2) is 34.2 Å². The number of carbonyl (C=O) groups is 1. The fraction of sp³-hybridized carbons (Fsp3) is 0.235. The molecule has 0 bridgehead atoms. The summed E-state index contributed by atoms with van der Waals surface area (Å²) in [6, 6.07) is 8.31. The van der Waals surface area contributed by atoms with Crippen LogP contribution in [0.25, 0.3) is 0 Å². The summed E-state index contributed by atoms with van der Waals surface area (Å²) >= 11 is 6.14. The molecule has 0 saturated carbocycles. The van der Waals surface area contributed by atoms with E-state index in [0.29, 0.717) is 22.3 Å².